The van der Waals surface area contributed by atoms with Gasteiger partial charge in [0, 0.05) is 18.7 Å². The number of hydrogen-bond acceptors (Lipinski definition) is 4. The van der Waals surface area contributed by atoms with E-state index in [4.69, 9.17) is 5.73 Å². The second-order valence-electron chi connectivity index (χ2n) is 6.88. The molecule has 1 aliphatic rings. The lowest BCUT2D eigenvalue weighted by atomic mass is 9.96. The maximum absolute atomic E-state index is 13.0. The Morgan fingerprint density at radius 3 is 2.43 bits per heavy atom. The number of sulfonamides is 1. The van der Waals surface area contributed by atoms with E-state index < -0.39 is 15.9 Å². The molecular formula is C20H26ClN3O3S. The number of carbonyl (C=O) groups is 1. The molecule has 2 aromatic carbocycles. The van der Waals surface area contributed by atoms with Crippen LogP contribution in [0.3, 0.4) is 0 Å². The van der Waals surface area contributed by atoms with Crippen molar-refractivity contribution in [3.05, 3.63) is 54.1 Å². The molecule has 6 nitrogen and oxygen atoms in total. The summed E-state index contributed by atoms with van der Waals surface area (Å²) < 4.78 is 27.4. The van der Waals surface area contributed by atoms with Gasteiger partial charge in [0.05, 0.1) is 16.3 Å². The standard InChI is InChI=1S/C20H25N3O3S.ClH/c1-23(16-9-3-2-4-10-16)27(25,26)17-11-7-8-15(14-17)20(24)22-19-13-6-5-12-18(19)21;/h5-8,11-14,16H,2-4,9-10,21H2,1H3,(H,22,24);1H. The molecule has 0 radical (unpaired) electrons. The van der Waals surface area contributed by atoms with Gasteiger partial charge in [-0.1, -0.05) is 37.5 Å². The number of benzene rings is 2. The molecule has 152 valence electrons. The van der Waals surface area contributed by atoms with Gasteiger partial charge in [-0.2, -0.15) is 4.31 Å². The van der Waals surface area contributed by atoms with Crippen molar-refractivity contribution in [2.75, 3.05) is 18.1 Å². The molecule has 1 aliphatic carbocycles. The summed E-state index contributed by atoms with van der Waals surface area (Å²) in [6.07, 6.45) is 5.01. The van der Waals surface area contributed by atoms with Crippen LogP contribution in [0, 0.1) is 0 Å². The second kappa shape index (κ2) is 9.41. The van der Waals surface area contributed by atoms with Gasteiger partial charge in [0.1, 0.15) is 0 Å². The van der Waals surface area contributed by atoms with Crippen molar-refractivity contribution in [3.8, 4) is 0 Å². The van der Waals surface area contributed by atoms with Crippen LogP contribution in [0.4, 0.5) is 11.4 Å². The van der Waals surface area contributed by atoms with E-state index >= 15 is 0 Å². The molecule has 0 unspecified atom stereocenters. The molecule has 3 N–H and O–H groups in total. The van der Waals surface area contributed by atoms with Crippen molar-refractivity contribution in [1.29, 1.82) is 0 Å². The lowest BCUT2D eigenvalue weighted by molar-refractivity contribution is 0.102. The van der Waals surface area contributed by atoms with E-state index in [-0.39, 0.29) is 28.9 Å². The third-order valence-corrected chi connectivity index (χ3v) is 6.98. The SMILES string of the molecule is CN(C1CCCCC1)S(=O)(=O)c1cccc(C(=O)Nc2ccccc2N)c1.Cl. The Morgan fingerprint density at radius 1 is 1.07 bits per heavy atom. The molecule has 1 amide bonds. The first-order chi connectivity index (χ1) is 12.9. The van der Waals surface area contributed by atoms with Gasteiger partial charge in [0.25, 0.3) is 5.91 Å². The number of hydrogen-bond donors (Lipinski definition) is 2. The van der Waals surface area contributed by atoms with E-state index in [0.29, 0.717) is 11.4 Å². The summed E-state index contributed by atoms with van der Waals surface area (Å²) in [6.45, 7) is 0. The number of rotatable bonds is 5. The second-order valence-corrected chi connectivity index (χ2v) is 8.88. The first kappa shape index (κ1) is 22.2. The number of nitrogens with two attached hydrogens (primary N) is 1. The summed E-state index contributed by atoms with van der Waals surface area (Å²) in [4.78, 5) is 12.7. The van der Waals surface area contributed by atoms with Crippen molar-refractivity contribution in [2.45, 2.75) is 43.0 Å². The van der Waals surface area contributed by atoms with Crippen LogP contribution in [0.2, 0.25) is 0 Å². The van der Waals surface area contributed by atoms with Gasteiger partial charge in [0.15, 0.2) is 0 Å². The van der Waals surface area contributed by atoms with Crippen molar-refractivity contribution >= 4 is 39.7 Å². The average molecular weight is 424 g/mol. The van der Waals surface area contributed by atoms with Gasteiger partial charge in [-0.3, -0.25) is 4.79 Å². The lowest BCUT2D eigenvalue weighted by Crippen LogP contribution is -2.38. The van der Waals surface area contributed by atoms with E-state index in [1.165, 1.54) is 16.4 Å². The number of amides is 1. The number of nitrogen functional groups attached to an aromatic ring is 1. The number of carbonyl (C=O) groups excluding carboxylic acids is 1. The van der Waals surface area contributed by atoms with Gasteiger partial charge in [-0.05, 0) is 43.2 Å². The van der Waals surface area contributed by atoms with Gasteiger partial charge in [-0.25, -0.2) is 8.42 Å². The zero-order chi connectivity index (χ0) is 19.4. The predicted molar refractivity (Wildman–Crippen MR) is 114 cm³/mol. The zero-order valence-corrected chi connectivity index (χ0v) is 17.4. The molecule has 8 heteroatoms. The average Bonchev–Trinajstić information content (AvgIpc) is 2.70. The van der Waals surface area contributed by atoms with Crippen molar-refractivity contribution in [3.63, 3.8) is 0 Å². The summed E-state index contributed by atoms with van der Waals surface area (Å²) >= 11 is 0. The minimum Gasteiger partial charge on any atom is -0.397 e. The summed E-state index contributed by atoms with van der Waals surface area (Å²) in [6, 6.07) is 13.1. The Kier molecular flexibility index (Phi) is 7.46. The molecule has 0 spiro atoms. The Balaban J connectivity index is 0.00000280. The number of anilines is 2. The molecule has 2 aromatic rings. The van der Waals surface area contributed by atoms with Crippen molar-refractivity contribution in [1.82, 2.24) is 4.31 Å². The number of para-hydroxylation sites is 2. The molecule has 0 saturated heterocycles. The molecule has 0 aromatic heterocycles. The summed E-state index contributed by atoms with van der Waals surface area (Å²) in [7, 11) is -2.02. The Labute approximate surface area is 172 Å². The third-order valence-electron chi connectivity index (χ3n) is 5.07. The molecule has 1 fully saturated rings. The Morgan fingerprint density at radius 2 is 1.75 bits per heavy atom. The molecule has 3 rings (SSSR count). The highest BCUT2D eigenvalue weighted by Gasteiger charge is 2.29. The van der Waals surface area contributed by atoms with Gasteiger partial charge in [0.2, 0.25) is 10.0 Å². The summed E-state index contributed by atoms with van der Waals surface area (Å²) in [5, 5.41) is 2.73. The Bertz CT molecular complexity index is 928. The zero-order valence-electron chi connectivity index (χ0n) is 15.8. The summed E-state index contributed by atoms with van der Waals surface area (Å²) in [5.41, 5.74) is 7.07. The van der Waals surface area contributed by atoms with Crippen LogP contribution < -0.4 is 11.1 Å². The van der Waals surface area contributed by atoms with Crippen LogP contribution in [0.15, 0.2) is 53.4 Å². The van der Waals surface area contributed by atoms with Gasteiger partial charge < -0.3 is 11.1 Å². The first-order valence-electron chi connectivity index (χ1n) is 9.13. The minimum atomic E-state index is -3.65. The fourth-order valence-electron chi connectivity index (χ4n) is 3.41. The van der Waals surface area contributed by atoms with Gasteiger partial charge >= 0.3 is 0 Å². The molecular weight excluding hydrogens is 398 g/mol. The largest absolute Gasteiger partial charge is 0.397 e. The van der Waals surface area contributed by atoms with Crippen LogP contribution in [0.5, 0.6) is 0 Å². The maximum atomic E-state index is 13.0. The quantitative estimate of drug-likeness (QED) is 0.713. The highest BCUT2D eigenvalue weighted by atomic mass is 35.5. The van der Waals surface area contributed by atoms with Crippen LogP contribution in [0.25, 0.3) is 0 Å². The molecule has 28 heavy (non-hydrogen) atoms. The number of nitrogens with zero attached hydrogens (tertiary/aromatic N) is 1. The Hall–Kier alpha value is -2.09. The van der Waals surface area contributed by atoms with Crippen molar-refractivity contribution < 1.29 is 13.2 Å². The monoisotopic (exact) mass is 423 g/mol. The smallest absolute Gasteiger partial charge is 0.255 e. The minimum absolute atomic E-state index is 0. The van der Waals surface area contributed by atoms with Crippen LogP contribution in [0.1, 0.15) is 42.5 Å². The van der Waals surface area contributed by atoms with E-state index in [0.717, 1.165) is 32.1 Å². The van der Waals surface area contributed by atoms with E-state index in [1.54, 1.807) is 43.4 Å². The lowest BCUT2D eigenvalue weighted by Gasteiger charge is -2.30. The highest BCUT2D eigenvalue weighted by Crippen LogP contribution is 2.27. The first-order valence-corrected chi connectivity index (χ1v) is 10.6. The normalized spacial score (nSPS) is 15.1. The number of halogens is 1. The topological polar surface area (TPSA) is 92.5 Å². The fourth-order valence-corrected chi connectivity index (χ4v) is 4.87. The van der Waals surface area contributed by atoms with E-state index in [2.05, 4.69) is 5.32 Å². The molecule has 0 atom stereocenters. The molecule has 0 bridgehead atoms. The van der Waals surface area contributed by atoms with Crippen molar-refractivity contribution in [2.24, 2.45) is 0 Å². The molecule has 1 saturated carbocycles. The fraction of sp³-hybridized carbons (Fsp3) is 0.350. The van der Waals surface area contributed by atoms with Crippen LogP contribution in [-0.2, 0) is 10.0 Å². The predicted octanol–water partition coefficient (Wildman–Crippen LogP) is 3.90. The third kappa shape index (κ3) is 4.84. The van der Waals surface area contributed by atoms with Gasteiger partial charge in [-0.15, -0.1) is 12.4 Å². The molecule has 0 aliphatic heterocycles. The van der Waals surface area contributed by atoms with Crippen LogP contribution >= 0.6 is 12.4 Å². The molecule has 0 heterocycles. The number of nitrogens with one attached hydrogen (secondary N) is 1. The highest BCUT2D eigenvalue weighted by molar-refractivity contribution is 7.89. The summed E-state index contributed by atoms with van der Waals surface area (Å²) in [5.74, 6) is -0.398. The van der Waals surface area contributed by atoms with Crippen LogP contribution in [-0.4, -0.2) is 31.7 Å². The van der Waals surface area contributed by atoms with E-state index in [1.807, 2.05) is 0 Å². The van der Waals surface area contributed by atoms with E-state index in [9.17, 15) is 13.2 Å². The maximum Gasteiger partial charge on any atom is 0.255 e.